The first-order valence-corrected chi connectivity index (χ1v) is 5.59. The first-order valence-electron chi connectivity index (χ1n) is 5.59. The van der Waals surface area contributed by atoms with Crippen molar-refractivity contribution in [3.05, 3.63) is 41.3 Å². The predicted molar refractivity (Wildman–Crippen MR) is 63.9 cm³/mol. The lowest BCUT2D eigenvalue weighted by molar-refractivity contribution is 0.0559. The molecule has 0 radical (unpaired) electrons. The standard InChI is InChI=1S/C13H11F2NO4/c1-18-6-9-11(13(17)19-2)20-12(16-9)10-7(14)4-3-5-8(10)15/h3-5H,6H2,1-2H3. The Morgan fingerprint density at radius 3 is 2.50 bits per heavy atom. The van der Waals surface area contributed by atoms with Gasteiger partial charge in [0, 0.05) is 7.11 Å². The van der Waals surface area contributed by atoms with E-state index in [9.17, 15) is 13.6 Å². The van der Waals surface area contributed by atoms with E-state index in [1.807, 2.05) is 0 Å². The summed E-state index contributed by atoms with van der Waals surface area (Å²) >= 11 is 0. The zero-order valence-corrected chi connectivity index (χ0v) is 10.8. The number of carbonyl (C=O) groups is 1. The smallest absolute Gasteiger partial charge is 0.376 e. The van der Waals surface area contributed by atoms with Crippen LogP contribution in [0.1, 0.15) is 16.2 Å². The fourth-order valence-electron chi connectivity index (χ4n) is 1.65. The molecule has 0 saturated carbocycles. The largest absolute Gasteiger partial charge is 0.463 e. The molecule has 0 aliphatic carbocycles. The zero-order valence-electron chi connectivity index (χ0n) is 10.8. The highest BCUT2D eigenvalue weighted by Crippen LogP contribution is 2.27. The third-order valence-electron chi connectivity index (χ3n) is 2.53. The molecule has 0 bridgehead atoms. The topological polar surface area (TPSA) is 61.6 Å². The molecule has 1 aromatic carbocycles. The van der Waals surface area contributed by atoms with Gasteiger partial charge in [0.1, 0.15) is 22.9 Å². The quantitative estimate of drug-likeness (QED) is 0.807. The molecule has 2 rings (SSSR count). The highest BCUT2D eigenvalue weighted by Gasteiger charge is 2.24. The van der Waals surface area contributed by atoms with Gasteiger partial charge in [0.05, 0.1) is 13.7 Å². The first kappa shape index (κ1) is 14.1. The van der Waals surface area contributed by atoms with Crippen LogP contribution in [0, 0.1) is 11.6 Å². The Kier molecular flexibility index (Phi) is 4.09. The van der Waals surface area contributed by atoms with Crippen LogP contribution in [0.3, 0.4) is 0 Å². The lowest BCUT2D eigenvalue weighted by Crippen LogP contribution is -2.04. The van der Waals surface area contributed by atoms with Gasteiger partial charge < -0.3 is 13.9 Å². The molecular weight excluding hydrogens is 272 g/mol. The van der Waals surface area contributed by atoms with Crippen LogP contribution in [0.5, 0.6) is 0 Å². The molecule has 7 heteroatoms. The summed E-state index contributed by atoms with van der Waals surface area (Å²) in [6.07, 6.45) is 0. The van der Waals surface area contributed by atoms with Crippen molar-refractivity contribution in [1.82, 2.24) is 4.98 Å². The Bertz CT molecular complexity index is 619. The third-order valence-corrected chi connectivity index (χ3v) is 2.53. The molecule has 1 heterocycles. The van der Waals surface area contributed by atoms with E-state index in [1.165, 1.54) is 13.2 Å². The van der Waals surface area contributed by atoms with Gasteiger partial charge in [0.2, 0.25) is 11.7 Å². The Labute approximate surface area is 113 Å². The van der Waals surface area contributed by atoms with Crippen molar-refractivity contribution in [1.29, 1.82) is 0 Å². The third kappa shape index (κ3) is 2.53. The van der Waals surface area contributed by atoms with E-state index in [2.05, 4.69) is 9.72 Å². The number of oxazole rings is 1. The lowest BCUT2D eigenvalue weighted by atomic mass is 10.2. The summed E-state index contributed by atoms with van der Waals surface area (Å²) in [5, 5.41) is 0. The fraction of sp³-hybridized carbons (Fsp3) is 0.231. The molecule has 2 aromatic rings. The molecule has 0 spiro atoms. The van der Waals surface area contributed by atoms with Crippen molar-refractivity contribution in [2.45, 2.75) is 6.61 Å². The van der Waals surface area contributed by atoms with Crippen LogP contribution in [-0.2, 0) is 16.1 Å². The molecule has 1 aromatic heterocycles. The second-order valence-corrected chi connectivity index (χ2v) is 3.82. The number of halogens is 2. The molecule has 20 heavy (non-hydrogen) atoms. The Morgan fingerprint density at radius 1 is 1.30 bits per heavy atom. The molecular formula is C13H11F2NO4. The van der Waals surface area contributed by atoms with Crippen molar-refractivity contribution in [2.75, 3.05) is 14.2 Å². The van der Waals surface area contributed by atoms with Crippen molar-refractivity contribution in [3.8, 4) is 11.5 Å². The number of ether oxygens (including phenoxy) is 2. The van der Waals surface area contributed by atoms with Crippen molar-refractivity contribution < 1.29 is 27.5 Å². The SMILES string of the molecule is COCc1nc(-c2c(F)cccc2F)oc1C(=O)OC. The van der Waals surface area contributed by atoms with E-state index in [0.717, 1.165) is 19.2 Å². The summed E-state index contributed by atoms with van der Waals surface area (Å²) in [6.45, 7) is -0.0516. The summed E-state index contributed by atoms with van der Waals surface area (Å²) in [4.78, 5) is 15.4. The molecule has 0 aliphatic rings. The van der Waals surface area contributed by atoms with E-state index < -0.39 is 23.2 Å². The molecule has 0 unspecified atom stereocenters. The summed E-state index contributed by atoms with van der Waals surface area (Å²) in [5.74, 6) is -3.06. The van der Waals surface area contributed by atoms with E-state index in [1.54, 1.807) is 0 Å². The first-order chi connectivity index (χ1) is 9.58. The van der Waals surface area contributed by atoms with Crippen LogP contribution in [0.25, 0.3) is 11.5 Å². The minimum Gasteiger partial charge on any atom is -0.463 e. The van der Waals surface area contributed by atoms with Gasteiger partial charge >= 0.3 is 5.97 Å². The normalized spacial score (nSPS) is 10.6. The molecule has 0 fully saturated rings. The Balaban J connectivity index is 2.56. The average Bonchev–Trinajstić information content (AvgIpc) is 2.82. The number of carbonyl (C=O) groups excluding carboxylic acids is 1. The van der Waals surface area contributed by atoms with Crippen molar-refractivity contribution in [2.24, 2.45) is 0 Å². The fourth-order valence-corrected chi connectivity index (χ4v) is 1.65. The van der Waals surface area contributed by atoms with Crippen molar-refractivity contribution >= 4 is 5.97 Å². The maximum absolute atomic E-state index is 13.7. The second kappa shape index (κ2) is 5.79. The van der Waals surface area contributed by atoms with Gasteiger partial charge in [-0.05, 0) is 12.1 Å². The van der Waals surface area contributed by atoms with Crippen LogP contribution >= 0.6 is 0 Å². The van der Waals surface area contributed by atoms with Crippen LogP contribution in [0.15, 0.2) is 22.6 Å². The number of nitrogens with zero attached hydrogens (tertiary/aromatic N) is 1. The maximum Gasteiger partial charge on any atom is 0.376 e. The van der Waals surface area contributed by atoms with E-state index in [-0.39, 0.29) is 24.0 Å². The minimum atomic E-state index is -0.841. The Hall–Kier alpha value is -2.28. The summed E-state index contributed by atoms with van der Waals surface area (Å²) in [5.41, 5.74) is -0.336. The number of methoxy groups -OCH3 is 2. The van der Waals surface area contributed by atoms with Gasteiger partial charge in [-0.2, -0.15) is 0 Å². The van der Waals surface area contributed by atoms with Crippen molar-refractivity contribution in [3.63, 3.8) is 0 Å². The molecule has 0 amide bonds. The zero-order chi connectivity index (χ0) is 14.7. The average molecular weight is 283 g/mol. The number of hydrogen-bond acceptors (Lipinski definition) is 5. The number of aromatic nitrogens is 1. The number of benzene rings is 1. The van der Waals surface area contributed by atoms with Gasteiger partial charge in [0.25, 0.3) is 0 Å². The second-order valence-electron chi connectivity index (χ2n) is 3.82. The monoisotopic (exact) mass is 283 g/mol. The van der Waals surface area contributed by atoms with Gasteiger partial charge in [-0.1, -0.05) is 6.07 Å². The van der Waals surface area contributed by atoms with Crippen LogP contribution in [-0.4, -0.2) is 25.2 Å². The van der Waals surface area contributed by atoms with E-state index in [0.29, 0.717) is 0 Å². The van der Waals surface area contributed by atoms with Gasteiger partial charge in [-0.3, -0.25) is 0 Å². The minimum absolute atomic E-state index is 0.0516. The lowest BCUT2D eigenvalue weighted by Gasteiger charge is -1.99. The summed E-state index contributed by atoms with van der Waals surface area (Å²) in [6, 6.07) is 3.35. The molecule has 0 saturated heterocycles. The summed E-state index contributed by atoms with van der Waals surface area (Å²) in [7, 11) is 2.55. The highest BCUT2D eigenvalue weighted by molar-refractivity contribution is 5.87. The molecule has 0 aliphatic heterocycles. The van der Waals surface area contributed by atoms with Crippen LogP contribution in [0.2, 0.25) is 0 Å². The highest BCUT2D eigenvalue weighted by atomic mass is 19.1. The molecule has 5 nitrogen and oxygen atoms in total. The molecule has 0 N–H and O–H groups in total. The molecule has 106 valence electrons. The predicted octanol–water partition coefficient (Wildman–Crippen LogP) is 2.55. The van der Waals surface area contributed by atoms with Gasteiger partial charge in [-0.15, -0.1) is 0 Å². The number of hydrogen-bond donors (Lipinski definition) is 0. The maximum atomic E-state index is 13.7. The van der Waals surface area contributed by atoms with E-state index in [4.69, 9.17) is 9.15 Å². The van der Waals surface area contributed by atoms with Gasteiger partial charge in [-0.25, -0.2) is 18.6 Å². The molecule has 0 atom stereocenters. The van der Waals surface area contributed by atoms with Crippen LogP contribution < -0.4 is 0 Å². The summed E-state index contributed by atoms with van der Waals surface area (Å²) < 4.78 is 41.8. The van der Waals surface area contributed by atoms with E-state index >= 15 is 0 Å². The number of esters is 1. The van der Waals surface area contributed by atoms with Crippen LogP contribution in [0.4, 0.5) is 8.78 Å². The van der Waals surface area contributed by atoms with Gasteiger partial charge in [0.15, 0.2) is 0 Å². The Morgan fingerprint density at radius 2 is 1.95 bits per heavy atom. The number of rotatable bonds is 4.